The van der Waals surface area contributed by atoms with Gasteiger partial charge in [-0.2, -0.15) is 0 Å². The van der Waals surface area contributed by atoms with E-state index in [-0.39, 0.29) is 24.0 Å². The summed E-state index contributed by atoms with van der Waals surface area (Å²) in [5.41, 5.74) is -0.0956. The van der Waals surface area contributed by atoms with Crippen LogP contribution < -0.4 is 10.6 Å². The maximum Gasteiger partial charge on any atom is 0.237 e. The Balaban J connectivity index is 2.29. The summed E-state index contributed by atoms with van der Waals surface area (Å²) in [5, 5.41) is 24.0. The van der Waals surface area contributed by atoms with Crippen LogP contribution in [-0.2, 0) is 4.79 Å². The first-order chi connectivity index (χ1) is 7.44. The Bertz CT molecular complexity index is 243. The molecule has 5 nitrogen and oxygen atoms in total. The number of hydrogen-bond donors (Lipinski definition) is 4. The van der Waals surface area contributed by atoms with Crippen LogP contribution in [0.2, 0.25) is 0 Å². The molecule has 1 fully saturated rings. The molecule has 1 aliphatic heterocycles. The fourth-order valence-corrected chi connectivity index (χ4v) is 1.76. The second kappa shape index (κ2) is 5.61. The zero-order valence-electron chi connectivity index (χ0n) is 9.99. The molecule has 0 aromatic heterocycles. The number of amides is 1. The van der Waals surface area contributed by atoms with E-state index in [1.54, 1.807) is 0 Å². The number of carbonyl (C=O) groups excluding carboxylic acids is 1. The molecule has 1 aliphatic rings. The number of aliphatic hydroxyl groups excluding tert-OH is 2. The topological polar surface area (TPSA) is 81.6 Å². The predicted molar refractivity (Wildman–Crippen MR) is 60.9 cm³/mol. The van der Waals surface area contributed by atoms with Crippen LogP contribution in [-0.4, -0.2) is 48.0 Å². The number of aliphatic hydroxyl groups is 2. The van der Waals surface area contributed by atoms with E-state index < -0.39 is 6.10 Å². The smallest absolute Gasteiger partial charge is 0.237 e. The third-order valence-corrected chi connectivity index (χ3v) is 2.95. The molecule has 16 heavy (non-hydrogen) atoms. The summed E-state index contributed by atoms with van der Waals surface area (Å²) in [5.74, 6) is -0.0671. The number of nitrogens with one attached hydrogen (secondary N) is 2. The summed E-state index contributed by atoms with van der Waals surface area (Å²) in [6.07, 6.45) is 0.724. The fourth-order valence-electron chi connectivity index (χ4n) is 1.76. The Morgan fingerprint density at radius 1 is 1.56 bits per heavy atom. The van der Waals surface area contributed by atoms with Crippen molar-refractivity contribution in [3.05, 3.63) is 0 Å². The molecule has 4 N–H and O–H groups in total. The quantitative estimate of drug-likeness (QED) is 0.500. The Hall–Kier alpha value is -0.650. The van der Waals surface area contributed by atoms with E-state index in [0.717, 1.165) is 0 Å². The summed E-state index contributed by atoms with van der Waals surface area (Å²) < 4.78 is 0. The van der Waals surface area contributed by atoms with Crippen molar-refractivity contribution < 1.29 is 15.0 Å². The highest BCUT2D eigenvalue weighted by atomic mass is 16.3. The third-order valence-electron chi connectivity index (χ3n) is 2.95. The van der Waals surface area contributed by atoms with Gasteiger partial charge in [0, 0.05) is 19.7 Å². The highest BCUT2D eigenvalue weighted by Gasteiger charge is 2.28. The van der Waals surface area contributed by atoms with Crippen molar-refractivity contribution in [1.29, 1.82) is 0 Å². The van der Waals surface area contributed by atoms with Crippen molar-refractivity contribution in [1.82, 2.24) is 10.6 Å². The van der Waals surface area contributed by atoms with Gasteiger partial charge in [-0.3, -0.25) is 4.79 Å². The monoisotopic (exact) mass is 230 g/mol. The van der Waals surface area contributed by atoms with Gasteiger partial charge in [0.15, 0.2) is 0 Å². The SMILES string of the molecule is CC(C)(CCO)CNC(=O)C1CC(O)CN1. The molecule has 0 radical (unpaired) electrons. The summed E-state index contributed by atoms with van der Waals surface area (Å²) in [6, 6.07) is -0.278. The van der Waals surface area contributed by atoms with Crippen LogP contribution in [0, 0.1) is 5.41 Å². The molecule has 0 aromatic rings. The lowest BCUT2D eigenvalue weighted by Gasteiger charge is -2.24. The van der Waals surface area contributed by atoms with Crippen LogP contribution in [0.15, 0.2) is 0 Å². The second-order valence-electron chi connectivity index (χ2n) is 5.21. The molecule has 0 saturated carbocycles. The van der Waals surface area contributed by atoms with E-state index in [1.165, 1.54) is 0 Å². The highest BCUT2D eigenvalue weighted by molar-refractivity contribution is 5.82. The highest BCUT2D eigenvalue weighted by Crippen LogP contribution is 2.18. The molecule has 0 spiro atoms. The van der Waals surface area contributed by atoms with Crippen molar-refractivity contribution >= 4 is 5.91 Å². The molecule has 2 unspecified atom stereocenters. The van der Waals surface area contributed by atoms with Gasteiger partial charge in [0.05, 0.1) is 12.1 Å². The van der Waals surface area contributed by atoms with Crippen LogP contribution in [0.4, 0.5) is 0 Å². The first-order valence-electron chi connectivity index (χ1n) is 5.74. The van der Waals surface area contributed by atoms with Gasteiger partial charge in [0.2, 0.25) is 5.91 Å². The van der Waals surface area contributed by atoms with E-state index in [1.807, 2.05) is 13.8 Å². The molecular formula is C11H22N2O3. The van der Waals surface area contributed by atoms with Crippen molar-refractivity contribution in [2.45, 2.75) is 38.8 Å². The predicted octanol–water partition coefficient (Wildman–Crippen LogP) is -0.766. The number of rotatable bonds is 5. The Morgan fingerprint density at radius 3 is 2.75 bits per heavy atom. The van der Waals surface area contributed by atoms with Gasteiger partial charge in [0.1, 0.15) is 0 Å². The van der Waals surface area contributed by atoms with E-state index >= 15 is 0 Å². The van der Waals surface area contributed by atoms with E-state index in [4.69, 9.17) is 5.11 Å². The summed E-state index contributed by atoms with van der Waals surface area (Å²) in [7, 11) is 0. The Kier molecular flexibility index (Phi) is 4.70. The van der Waals surface area contributed by atoms with Crippen LogP contribution in [0.25, 0.3) is 0 Å². The van der Waals surface area contributed by atoms with Gasteiger partial charge >= 0.3 is 0 Å². The lowest BCUT2D eigenvalue weighted by molar-refractivity contribution is -0.123. The summed E-state index contributed by atoms with van der Waals surface area (Å²) >= 11 is 0. The zero-order chi connectivity index (χ0) is 12.2. The van der Waals surface area contributed by atoms with E-state index in [2.05, 4.69) is 10.6 Å². The first kappa shape index (κ1) is 13.4. The van der Waals surface area contributed by atoms with Crippen molar-refractivity contribution in [3.63, 3.8) is 0 Å². The maximum atomic E-state index is 11.7. The Morgan fingerprint density at radius 2 is 2.25 bits per heavy atom. The lowest BCUT2D eigenvalue weighted by atomic mass is 9.89. The largest absolute Gasteiger partial charge is 0.396 e. The molecule has 1 heterocycles. The van der Waals surface area contributed by atoms with Crippen LogP contribution >= 0.6 is 0 Å². The minimum absolute atomic E-state index is 0.0671. The van der Waals surface area contributed by atoms with Crippen molar-refractivity contribution in [2.75, 3.05) is 19.7 Å². The molecular weight excluding hydrogens is 208 g/mol. The first-order valence-corrected chi connectivity index (χ1v) is 5.74. The maximum absolute atomic E-state index is 11.7. The van der Waals surface area contributed by atoms with E-state index in [9.17, 15) is 9.90 Å². The Labute approximate surface area is 96.2 Å². The molecule has 1 amide bonds. The van der Waals surface area contributed by atoms with E-state index in [0.29, 0.717) is 25.9 Å². The molecule has 0 aliphatic carbocycles. The average Bonchev–Trinajstić information content (AvgIpc) is 2.61. The average molecular weight is 230 g/mol. The minimum atomic E-state index is -0.416. The molecule has 94 valence electrons. The van der Waals surface area contributed by atoms with Crippen LogP contribution in [0.3, 0.4) is 0 Å². The van der Waals surface area contributed by atoms with Gasteiger partial charge in [-0.1, -0.05) is 13.8 Å². The number of carbonyl (C=O) groups is 1. The molecule has 2 atom stereocenters. The van der Waals surface area contributed by atoms with Crippen molar-refractivity contribution in [3.8, 4) is 0 Å². The minimum Gasteiger partial charge on any atom is -0.396 e. The molecule has 0 bridgehead atoms. The lowest BCUT2D eigenvalue weighted by Crippen LogP contribution is -2.44. The van der Waals surface area contributed by atoms with Gasteiger partial charge in [-0.05, 0) is 18.3 Å². The zero-order valence-corrected chi connectivity index (χ0v) is 9.99. The molecule has 1 rings (SSSR count). The number of hydrogen-bond acceptors (Lipinski definition) is 4. The summed E-state index contributed by atoms with van der Waals surface area (Å²) in [4.78, 5) is 11.7. The second-order valence-corrected chi connectivity index (χ2v) is 5.21. The van der Waals surface area contributed by atoms with Crippen molar-refractivity contribution in [2.24, 2.45) is 5.41 Å². The fraction of sp³-hybridized carbons (Fsp3) is 0.909. The van der Waals surface area contributed by atoms with Gasteiger partial charge in [-0.15, -0.1) is 0 Å². The third kappa shape index (κ3) is 4.08. The standard InChI is InChI=1S/C11H22N2O3/c1-11(2,3-4-14)7-13-10(16)9-5-8(15)6-12-9/h8-9,12,14-15H,3-7H2,1-2H3,(H,13,16). The summed E-state index contributed by atoms with van der Waals surface area (Å²) in [6.45, 7) is 5.16. The molecule has 0 aromatic carbocycles. The van der Waals surface area contributed by atoms with Gasteiger partial charge in [-0.25, -0.2) is 0 Å². The van der Waals surface area contributed by atoms with Crippen LogP contribution in [0.1, 0.15) is 26.7 Å². The van der Waals surface area contributed by atoms with Crippen LogP contribution in [0.5, 0.6) is 0 Å². The molecule has 1 saturated heterocycles. The number of β-amino-alcohol motifs (C(OH)–C–C–N with tert-alkyl or cyclic N) is 1. The normalized spacial score (nSPS) is 25.8. The molecule has 5 heteroatoms. The van der Waals surface area contributed by atoms with Gasteiger partial charge < -0.3 is 20.8 Å². The van der Waals surface area contributed by atoms with Gasteiger partial charge in [0.25, 0.3) is 0 Å².